The van der Waals surface area contributed by atoms with Gasteiger partial charge in [0.05, 0.1) is 22.0 Å². The van der Waals surface area contributed by atoms with E-state index in [-0.39, 0.29) is 12.6 Å². The molecule has 10 heteroatoms. The smallest absolute Gasteiger partial charge is 0.353 e. The highest BCUT2D eigenvalue weighted by Gasteiger charge is 2.35. The Morgan fingerprint density at radius 3 is 2.54 bits per heavy atom. The van der Waals surface area contributed by atoms with Crippen LogP contribution in [0.25, 0.3) is 0 Å². The number of nitrogens with zero attached hydrogens (tertiary/aromatic N) is 1. The minimum Gasteiger partial charge on any atom is -0.353 e. The summed E-state index contributed by atoms with van der Waals surface area (Å²) in [5, 5.41) is 2.00. The summed E-state index contributed by atoms with van der Waals surface area (Å²) < 4.78 is 65.1. The fourth-order valence-electron chi connectivity index (χ4n) is 2.01. The molecule has 1 atom stereocenters. The van der Waals surface area contributed by atoms with Crippen molar-refractivity contribution in [3.63, 3.8) is 0 Å². The Balaban J connectivity index is 3.22. The topological polar surface area (TPSA) is 66.5 Å². The molecule has 1 amide bonds. The standard InChI is InChI=1S/C16H20ClF3N2O3S/c1-4-8-22(10-15(23)21-11(3)5-2)26(24,25)12-6-7-14(17)13(9-12)16(18,19)20/h4,6-7,9,11H,1,5,8,10H2,2-3H3,(H,21,23)/t11-/m0/s1. The first kappa shape index (κ1) is 22.5. The van der Waals surface area contributed by atoms with Gasteiger partial charge in [0.25, 0.3) is 0 Å². The molecule has 146 valence electrons. The van der Waals surface area contributed by atoms with Gasteiger partial charge in [-0.2, -0.15) is 17.5 Å². The molecular formula is C16H20ClF3N2O3S. The molecule has 5 nitrogen and oxygen atoms in total. The molecule has 0 aromatic heterocycles. The lowest BCUT2D eigenvalue weighted by molar-refractivity contribution is -0.137. The second-order valence-corrected chi connectivity index (χ2v) is 7.95. The largest absolute Gasteiger partial charge is 0.417 e. The van der Waals surface area contributed by atoms with Crippen molar-refractivity contribution < 1.29 is 26.4 Å². The van der Waals surface area contributed by atoms with Crippen molar-refractivity contribution in [1.82, 2.24) is 9.62 Å². The van der Waals surface area contributed by atoms with E-state index >= 15 is 0 Å². The van der Waals surface area contributed by atoms with Crippen LogP contribution in [0.15, 0.2) is 35.7 Å². The van der Waals surface area contributed by atoms with Gasteiger partial charge in [0.15, 0.2) is 0 Å². The zero-order valence-electron chi connectivity index (χ0n) is 14.3. The van der Waals surface area contributed by atoms with E-state index in [2.05, 4.69) is 11.9 Å². The van der Waals surface area contributed by atoms with Gasteiger partial charge >= 0.3 is 6.18 Å². The number of halogens is 4. The van der Waals surface area contributed by atoms with Crippen LogP contribution in [-0.2, 0) is 21.0 Å². The van der Waals surface area contributed by atoms with E-state index in [0.29, 0.717) is 12.5 Å². The van der Waals surface area contributed by atoms with Crippen LogP contribution in [0.3, 0.4) is 0 Å². The van der Waals surface area contributed by atoms with Gasteiger partial charge in [0.1, 0.15) is 0 Å². The maximum atomic E-state index is 13.0. The molecule has 0 aliphatic heterocycles. The Hall–Kier alpha value is -1.58. The monoisotopic (exact) mass is 412 g/mol. The fraction of sp³-hybridized carbons (Fsp3) is 0.438. The molecule has 0 fully saturated rings. The second-order valence-electron chi connectivity index (χ2n) is 5.60. The zero-order chi connectivity index (χ0) is 20.1. The number of sulfonamides is 1. The number of carbonyl (C=O) groups is 1. The zero-order valence-corrected chi connectivity index (χ0v) is 15.9. The van der Waals surface area contributed by atoms with E-state index in [9.17, 15) is 26.4 Å². The Bertz CT molecular complexity index is 766. The van der Waals surface area contributed by atoms with Crippen molar-refractivity contribution in [2.24, 2.45) is 0 Å². The van der Waals surface area contributed by atoms with Gasteiger partial charge in [-0.05, 0) is 31.5 Å². The second kappa shape index (κ2) is 8.88. The highest BCUT2D eigenvalue weighted by atomic mass is 35.5. The molecule has 1 aromatic carbocycles. The van der Waals surface area contributed by atoms with Crippen LogP contribution >= 0.6 is 11.6 Å². The average Bonchev–Trinajstić information content (AvgIpc) is 2.53. The van der Waals surface area contributed by atoms with Crippen molar-refractivity contribution in [2.45, 2.75) is 37.4 Å². The SMILES string of the molecule is C=CCN(CC(=O)N[C@@H](C)CC)S(=O)(=O)c1ccc(Cl)c(C(F)(F)F)c1. The third kappa shape index (κ3) is 5.72. The van der Waals surface area contributed by atoms with Crippen molar-refractivity contribution in [3.05, 3.63) is 41.4 Å². The van der Waals surface area contributed by atoms with Crippen LogP contribution < -0.4 is 5.32 Å². The quantitative estimate of drug-likeness (QED) is 0.665. The van der Waals surface area contributed by atoms with E-state index in [4.69, 9.17) is 11.6 Å². The molecule has 1 rings (SSSR count). The summed E-state index contributed by atoms with van der Waals surface area (Å²) in [5.41, 5.74) is -1.26. The van der Waals surface area contributed by atoms with Crippen LogP contribution in [-0.4, -0.2) is 37.8 Å². The van der Waals surface area contributed by atoms with Gasteiger partial charge in [0.2, 0.25) is 15.9 Å². The summed E-state index contributed by atoms with van der Waals surface area (Å²) in [6, 6.07) is 2.13. The molecule has 0 saturated heterocycles. The van der Waals surface area contributed by atoms with Crippen LogP contribution in [0.4, 0.5) is 13.2 Å². The van der Waals surface area contributed by atoms with Crippen LogP contribution in [0.1, 0.15) is 25.8 Å². The third-order valence-corrected chi connectivity index (χ3v) is 5.69. The first-order valence-electron chi connectivity index (χ1n) is 7.70. The number of carbonyl (C=O) groups excluding carboxylic acids is 1. The lowest BCUT2D eigenvalue weighted by Gasteiger charge is -2.22. The molecule has 26 heavy (non-hydrogen) atoms. The minimum atomic E-state index is -4.81. The molecule has 0 unspecified atom stereocenters. The van der Waals surface area contributed by atoms with Gasteiger partial charge in [0, 0.05) is 12.6 Å². The predicted molar refractivity (Wildman–Crippen MR) is 93.3 cm³/mol. The van der Waals surface area contributed by atoms with Crippen molar-refractivity contribution >= 4 is 27.5 Å². The van der Waals surface area contributed by atoms with E-state index in [1.54, 1.807) is 6.92 Å². The number of benzene rings is 1. The minimum absolute atomic E-state index is 0.164. The van der Waals surface area contributed by atoms with Gasteiger partial charge in [-0.25, -0.2) is 8.42 Å². The Morgan fingerprint density at radius 2 is 2.04 bits per heavy atom. The van der Waals surface area contributed by atoms with Crippen molar-refractivity contribution in [3.8, 4) is 0 Å². The lowest BCUT2D eigenvalue weighted by atomic mass is 10.2. The maximum Gasteiger partial charge on any atom is 0.417 e. The molecule has 0 aliphatic carbocycles. The summed E-state index contributed by atoms with van der Waals surface area (Å²) in [5.74, 6) is -0.560. The summed E-state index contributed by atoms with van der Waals surface area (Å²) in [6.07, 6.45) is -2.92. The first-order valence-corrected chi connectivity index (χ1v) is 9.52. The van der Waals surface area contributed by atoms with Gasteiger partial charge < -0.3 is 5.32 Å². The summed E-state index contributed by atoms with van der Waals surface area (Å²) in [7, 11) is -4.36. The van der Waals surface area contributed by atoms with Crippen LogP contribution in [0.2, 0.25) is 5.02 Å². The molecule has 0 saturated carbocycles. The molecule has 0 aliphatic rings. The number of amides is 1. The Kier molecular flexibility index (Phi) is 7.67. The fourth-order valence-corrected chi connectivity index (χ4v) is 3.62. The summed E-state index contributed by atoms with van der Waals surface area (Å²) >= 11 is 5.52. The number of hydrogen-bond donors (Lipinski definition) is 1. The molecule has 0 bridgehead atoms. The summed E-state index contributed by atoms with van der Waals surface area (Å²) in [6.45, 7) is 6.24. The molecule has 1 N–H and O–H groups in total. The van der Waals surface area contributed by atoms with Gasteiger partial charge in [-0.15, -0.1) is 6.58 Å². The highest BCUT2D eigenvalue weighted by Crippen LogP contribution is 2.36. The Labute approximate surface area is 155 Å². The molecule has 1 aromatic rings. The third-order valence-electron chi connectivity index (χ3n) is 3.55. The van der Waals surface area contributed by atoms with Crippen molar-refractivity contribution in [2.75, 3.05) is 13.1 Å². The van der Waals surface area contributed by atoms with Gasteiger partial charge in [-0.1, -0.05) is 24.6 Å². The maximum absolute atomic E-state index is 13.0. The van der Waals surface area contributed by atoms with E-state index in [0.717, 1.165) is 16.4 Å². The van der Waals surface area contributed by atoms with Gasteiger partial charge in [-0.3, -0.25) is 4.79 Å². The van der Waals surface area contributed by atoms with Crippen LogP contribution in [0.5, 0.6) is 0 Å². The molecule has 0 radical (unpaired) electrons. The van der Waals surface area contributed by atoms with E-state index in [1.807, 2.05) is 6.92 Å². The molecular weight excluding hydrogens is 393 g/mol. The van der Waals surface area contributed by atoms with Crippen LogP contribution in [0, 0.1) is 0 Å². The number of hydrogen-bond acceptors (Lipinski definition) is 3. The van der Waals surface area contributed by atoms with E-state index < -0.39 is 44.1 Å². The van der Waals surface area contributed by atoms with Crippen molar-refractivity contribution in [1.29, 1.82) is 0 Å². The number of nitrogens with one attached hydrogen (secondary N) is 1. The molecule has 0 heterocycles. The molecule has 0 spiro atoms. The highest BCUT2D eigenvalue weighted by molar-refractivity contribution is 7.89. The summed E-state index contributed by atoms with van der Waals surface area (Å²) in [4.78, 5) is 11.4. The number of alkyl halides is 3. The average molecular weight is 413 g/mol. The first-order chi connectivity index (χ1) is 11.9. The lowest BCUT2D eigenvalue weighted by Crippen LogP contribution is -2.43. The van der Waals surface area contributed by atoms with E-state index in [1.165, 1.54) is 6.08 Å². The normalized spacial score (nSPS) is 13.5. The predicted octanol–water partition coefficient (Wildman–Crippen LogP) is 3.45. The Morgan fingerprint density at radius 1 is 1.42 bits per heavy atom. The number of rotatable bonds is 8.